The van der Waals surface area contributed by atoms with Crippen LogP contribution in [0.4, 0.5) is 0 Å². The van der Waals surface area contributed by atoms with Gasteiger partial charge in [-0.2, -0.15) is 0 Å². The first-order valence-corrected chi connectivity index (χ1v) is 9.40. The first-order chi connectivity index (χ1) is 13.5. The van der Waals surface area contributed by atoms with Crippen LogP contribution >= 0.6 is 0 Å². The number of carboxylic acids is 1. The van der Waals surface area contributed by atoms with Gasteiger partial charge in [-0.15, -0.1) is 0 Å². The molecular formula is C23H23NO4. The van der Waals surface area contributed by atoms with Crippen molar-refractivity contribution in [2.45, 2.75) is 32.2 Å². The Labute approximate surface area is 163 Å². The molecule has 1 aromatic heterocycles. The first kappa shape index (κ1) is 19.5. The molecule has 1 atom stereocenters. The van der Waals surface area contributed by atoms with Gasteiger partial charge in [-0.05, 0) is 54.5 Å². The number of aliphatic carboxylic acids is 1. The van der Waals surface area contributed by atoms with E-state index in [1.54, 1.807) is 29.0 Å². The van der Waals surface area contributed by atoms with Crippen molar-refractivity contribution in [3.8, 4) is 0 Å². The summed E-state index contributed by atoms with van der Waals surface area (Å²) in [6.07, 6.45) is 9.09. The normalized spacial score (nSPS) is 16.5. The molecule has 1 aliphatic carbocycles. The highest BCUT2D eigenvalue weighted by Crippen LogP contribution is 2.21. The van der Waals surface area contributed by atoms with Gasteiger partial charge < -0.3 is 9.67 Å². The highest BCUT2D eigenvalue weighted by molar-refractivity contribution is 5.96. The summed E-state index contributed by atoms with van der Waals surface area (Å²) >= 11 is 0. The molecule has 0 radical (unpaired) electrons. The zero-order valence-electron chi connectivity index (χ0n) is 15.6. The van der Waals surface area contributed by atoms with E-state index in [1.807, 2.05) is 18.2 Å². The maximum Gasteiger partial charge on any atom is 0.335 e. The fourth-order valence-corrected chi connectivity index (χ4v) is 3.37. The molecule has 0 saturated heterocycles. The molecule has 1 unspecified atom stereocenters. The van der Waals surface area contributed by atoms with Crippen molar-refractivity contribution in [2.75, 3.05) is 0 Å². The Morgan fingerprint density at radius 1 is 1.04 bits per heavy atom. The Balaban J connectivity index is 1.54. The molecule has 0 bridgehead atoms. The average molecular weight is 377 g/mol. The lowest BCUT2D eigenvalue weighted by Gasteiger charge is -2.11. The van der Waals surface area contributed by atoms with Crippen molar-refractivity contribution in [2.24, 2.45) is 5.92 Å². The van der Waals surface area contributed by atoms with Crippen LogP contribution in [0.1, 0.15) is 30.4 Å². The molecule has 1 aromatic carbocycles. The number of ketones is 1. The molecule has 1 heterocycles. The van der Waals surface area contributed by atoms with Gasteiger partial charge in [0.05, 0.1) is 12.1 Å². The van der Waals surface area contributed by atoms with Crippen molar-refractivity contribution < 1.29 is 14.7 Å². The van der Waals surface area contributed by atoms with Gasteiger partial charge in [-0.1, -0.05) is 36.4 Å². The standard InChI is InChI=1S/C23H23NO4/c25-21-12-11-20(23(27)28)14-19(15-21)5-3-4-17-7-9-18(10-8-17)16-24-13-2-1-6-22(24)26/h1-2,6-14,19H,3-5,15-16H2,(H,27,28). The largest absolute Gasteiger partial charge is 0.478 e. The third kappa shape index (κ3) is 5.39. The number of pyridine rings is 1. The fourth-order valence-electron chi connectivity index (χ4n) is 3.37. The molecular weight excluding hydrogens is 354 g/mol. The van der Waals surface area contributed by atoms with Crippen molar-refractivity contribution >= 4 is 11.8 Å². The summed E-state index contributed by atoms with van der Waals surface area (Å²) < 4.78 is 1.67. The second kappa shape index (κ2) is 9.13. The molecule has 0 amide bonds. The number of carbonyl (C=O) groups is 2. The summed E-state index contributed by atoms with van der Waals surface area (Å²) in [5.41, 5.74) is 2.42. The van der Waals surface area contributed by atoms with E-state index in [4.69, 9.17) is 5.11 Å². The van der Waals surface area contributed by atoms with Gasteiger partial charge in [0.2, 0.25) is 0 Å². The second-order valence-electron chi connectivity index (χ2n) is 7.07. The van der Waals surface area contributed by atoms with Crippen LogP contribution in [0.15, 0.2) is 77.3 Å². The summed E-state index contributed by atoms with van der Waals surface area (Å²) in [5, 5.41) is 9.17. The minimum Gasteiger partial charge on any atom is -0.478 e. The van der Waals surface area contributed by atoms with Crippen molar-refractivity contribution in [1.82, 2.24) is 4.57 Å². The predicted molar refractivity (Wildman–Crippen MR) is 107 cm³/mol. The van der Waals surface area contributed by atoms with Gasteiger partial charge in [-0.3, -0.25) is 9.59 Å². The Kier molecular flexibility index (Phi) is 6.37. The molecule has 0 spiro atoms. The van der Waals surface area contributed by atoms with Crippen LogP contribution in [0.5, 0.6) is 0 Å². The van der Waals surface area contributed by atoms with Crippen molar-refractivity contribution in [1.29, 1.82) is 0 Å². The van der Waals surface area contributed by atoms with Gasteiger partial charge >= 0.3 is 5.97 Å². The first-order valence-electron chi connectivity index (χ1n) is 9.40. The number of nitrogens with zero attached hydrogens (tertiary/aromatic N) is 1. The Bertz CT molecular complexity index is 967. The van der Waals surface area contributed by atoms with E-state index in [-0.39, 0.29) is 22.8 Å². The van der Waals surface area contributed by atoms with Gasteiger partial charge in [0, 0.05) is 18.7 Å². The van der Waals surface area contributed by atoms with E-state index in [0.29, 0.717) is 13.0 Å². The number of aryl methyl sites for hydroxylation is 1. The fraction of sp³-hybridized carbons (Fsp3) is 0.261. The minimum absolute atomic E-state index is 0.0206. The van der Waals surface area contributed by atoms with E-state index < -0.39 is 5.97 Å². The van der Waals surface area contributed by atoms with E-state index in [2.05, 4.69) is 12.1 Å². The number of carbonyl (C=O) groups excluding carboxylic acids is 1. The van der Waals surface area contributed by atoms with Crippen LogP contribution in [-0.4, -0.2) is 21.4 Å². The number of benzene rings is 1. The number of carboxylic acid groups (broad SMARTS) is 1. The summed E-state index contributed by atoms with van der Waals surface area (Å²) in [6, 6.07) is 13.3. The SMILES string of the molecule is O=C1C=CC(C(=O)O)=CC(CCCc2ccc(Cn3ccccc3=O)cc2)C1. The van der Waals surface area contributed by atoms with Crippen LogP contribution in [0.3, 0.4) is 0 Å². The van der Waals surface area contributed by atoms with Crippen LogP contribution in [0.2, 0.25) is 0 Å². The average Bonchev–Trinajstić information content (AvgIpc) is 2.86. The quantitative estimate of drug-likeness (QED) is 0.803. The minimum atomic E-state index is -0.996. The Hall–Kier alpha value is -3.21. The lowest BCUT2D eigenvalue weighted by Crippen LogP contribution is -2.18. The van der Waals surface area contributed by atoms with Crippen LogP contribution < -0.4 is 5.56 Å². The van der Waals surface area contributed by atoms with Gasteiger partial charge in [0.15, 0.2) is 5.78 Å². The lowest BCUT2D eigenvalue weighted by molar-refractivity contribution is -0.132. The van der Waals surface area contributed by atoms with Crippen LogP contribution in [0, 0.1) is 5.92 Å². The molecule has 2 aromatic rings. The van der Waals surface area contributed by atoms with E-state index >= 15 is 0 Å². The van der Waals surface area contributed by atoms with E-state index in [0.717, 1.165) is 24.8 Å². The third-order valence-electron chi connectivity index (χ3n) is 4.89. The van der Waals surface area contributed by atoms with Gasteiger partial charge in [0.25, 0.3) is 5.56 Å². The summed E-state index contributed by atoms with van der Waals surface area (Å²) in [4.78, 5) is 34.7. The smallest absolute Gasteiger partial charge is 0.335 e. The lowest BCUT2D eigenvalue weighted by atomic mass is 9.94. The van der Waals surface area contributed by atoms with Crippen LogP contribution in [-0.2, 0) is 22.6 Å². The Morgan fingerprint density at radius 3 is 2.50 bits per heavy atom. The molecule has 1 aliphatic rings. The number of allylic oxidation sites excluding steroid dienone is 2. The number of rotatable bonds is 7. The maximum absolute atomic E-state index is 11.8. The van der Waals surface area contributed by atoms with E-state index in [1.165, 1.54) is 17.7 Å². The number of hydrogen-bond donors (Lipinski definition) is 1. The zero-order chi connectivity index (χ0) is 19.9. The molecule has 0 aliphatic heterocycles. The summed E-state index contributed by atoms with van der Waals surface area (Å²) in [5.74, 6) is -1.07. The molecule has 144 valence electrons. The Morgan fingerprint density at radius 2 is 1.79 bits per heavy atom. The molecule has 3 rings (SSSR count). The predicted octanol–water partition coefficient (Wildman–Crippen LogP) is 3.38. The van der Waals surface area contributed by atoms with Crippen LogP contribution in [0.25, 0.3) is 0 Å². The molecule has 0 saturated carbocycles. The number of hydrogen-bond acceptors (Lipinski definition) is 3. The van der Waals surface area contributed by atoms with Gasteiger partial charge in [0.1, 0.15) is 0 Å². The molecule has 1 N–H and O–H groups in total. The van der Waals surface area contributed by atoms with Crippen molar-refractivity contribution in [3.63, 3.8) is 0 Å². The molecule has 0 fully saturated rings. The van der Waals surface area contributed by atoms with Crippen molar-refractivity contribution in [3.05, 3.63) is 93.9 Å². The summed E-state index contributed by atoms with van der Waals surface area (Å²) in [7, 11) is 0. The highest BCUT2D eigenvalue weighted by atomic mass is 16.4. The maximum atomic E-state index is 11.8. The third-order valence-corrected chi connectivity index (χ3v) is 4.89. The van der Waals surface area contributed by atoms with Gasteiger partial charge in [-0.25, -0.2) is 4.79 Å². The second-order valence-corrected chi connectivity index (χ2v) is 7.07. The topological polar surface area (TPSA) is 76.4 Å². The molecule has 28 heavy (non-hydrogen) atoms. The number of aromatic nitrogens is 1. The molecule has 5 heteroatoms. The van der Waals surface area contributed by atoms with E-state index in [9.17, 15) is 14.4 Å². The summed E-state index contributed by atoms with van der Waals surface area (Å²) in [6.45, 7) is 0.542. The highest BCUT2D eigenvalue weighted by Gasteiger charge is 2.16. The zero-order valence-corrected chi connectivity index (χ0v) is 15.6. The monoisotopic (exact) mass is 377 g/mol. The molecule has 5 nitrogen and oxygen atoms in total.